The molecule has 0 aliphatic rings. The van der Waals surface area contributed by atoms with Gasteiger partial charge in [-0.2, -0.15) is 0 Å². The van der Waals surface area contributed by atoms with Gasteiger partial charge >= 0.3 is 0 Å². The van der Waals surface area contributed by atoms with E-state index in [1.165, 1.54) is 0 Å². The molecule has 1 aromatic carbocycles. The van der Waals surface area contributed by atoms with Crippen LogP contribution >= 0.6 is 11.6 Å². The average molecular weight is 272 g/mol. The van der Waals surface area contributed by atoms with E-state index in [1.807, 2.05) is 30.3 Å². The summed E-state index contributed by atoms with van der Waals surface area (Å²) in [7, 11) is 1.61. The SMILES string of the molecule is COc1ccc2nc(-c3cccnc3)nc(Cl)c2c1. The van der Waals surface area contributed by atoms with E-state index in [4.69, 9.17) is 16.3 Å². The second-order valence-electron chi connectivity index (χ2n) is 3.96. The summed E-state index contributed by atoms with van der Waals surface area (Å²) in [6.45, 7) is 0. The molecule has 94 valence electrons. The maximum absolute atomic E-state index is 6.21. The first-order valence-electron chi connectivity index (χ1n) is 5.69. The Morgan fingerprint density at radius 1 is 1.16 bits per heavy atom. The van der Waals surface area contributed by atoms with E-state index in [0.717, 1.165) is 22.2 Å². The minimum absolute atomic E-state index is 0.405. The highest BCUT2D eigenvalue weighted by Crippen LogP contribution is 2.27. The van der Waals surface area contributed by atoms with Crippen molar-refractivity contribution in [2.75, 3.05) is 7.11 Å². The molecule has 0 spiro atoms. The number of aromatic nitrogens is 3. The molecular weight excluding hydrogens is 262 g/mol. The quantitative estimate of drug-likeness (QED) is 0.671. The molecule has 2 aromatic heterocycles. The lowest BCUT2D eigenvalue weighted by Crippen LogP contribution is -1.93. The van der Waals surface area contributed by atoms with Crippen molar-refractivity contribution in [3.63, 3.8) is 0 Å². The topological polar surface area (TPSA) is 47.9 Å². The number of rotatable bonds is 2. The van der Waals surface area contributed by atoms with Crippen LogP contribution in [0.4, 0.5) is 0 Å². The van der Waals surface area contributed by atoms with Crippen LogP contribution in [-0.4, -0.2) is 22.1 Å². The van der Waals surface area contributed by atoms with Gasteiger partial charge in [-0.15, -0.1) is 0 Å². The number of ether oxygens (including phenoxy) is 1. The second kappa shape index (κ2) is 4.82. The minimum atomic E-state index is 0.405. The zero-order valence-electron chi connectivity index (χ0n) is 10.2. The normalized spacial score (nSPS) is 10.6. The third-order valence-corrected chi connectivity index (χ3v) is 3.06. The van der Waals surface area contributed by atoms with Crippen LogP contribution in [0.3, 0.4) is 0 Å². The van der Waals surface area contributed by atoms with E-state index >= 15 is 0 Å². The van der Waals surface area contributed by atoms with E-state index < -0.39 is 0 Å². The summed E-state index contributed by atoms with van der Waals surface area (Å²) in [5.74, 6) is 1.29. The molecule has 4 nitrogen and oxygen atoms in total. The smallest absolute Gasteiger partial charge is 0.163 e. The Morgan fingerprint density at radius 2 is 2.05 bits per heavy atom. The lowest BCUT2D eigenvalue weighted by molar-refractivity contribution is 0.415. The van der Waals surface area contributed by atoms with Gasteiger partial charge in [0.05, 0.1) is 12.6 Å². The number of nitrogens with zero attached hydrogens (tertiary/aromatic N) is 3. The maximum atomic E-state index is 6.21. The predicted molar refractivity (Wildman–Crippen MR) is 74.3 cm³/mol. The lowest BCUT2D eigenvalue weighted by Gasteiger charge is -2.06. The molecule has 0 saturated carbocycles. The molecule has 0 aliphatic carbocycles. The monoisotopic (exact) mass is 271 g/mol. The van der Waals surface area contributed by atoms with E-state index in [-0.39, 0.29) is 0 Å². The third kappa shape index (κ3) is 2.22. The molecule has 0 bridgehead atoms. The highest BCUT2D eigenvalue weighted by Gasteiger charge is 2.08. The van der Waals surface area contributed by atoms with Crippen molar-refractivity contribution >= 4 is 22.5 Å². The minimum Gasteiger partial charge on any atom is -0.497 e. The van der Waals surface area contributed by atoms with Gasteiger partial charge in [0.2, 0.25) is 0 Å². The van der Waals surface area contributed by atoms with Gasteiger partial charge in [-0.1, -0.05) is 11.6 Å². The van der Waals surface area contributed by atoms with E-state index in [1.54, 1.807) is 19.5 Å². The molecule has 3 aromatic rings. The standard InChI is InChI=1S/C14H10ClN3O/c1-19-10-4-5-12-11(7-10)13(15)18-14(17-12)9-3-2-6-16-8-9/h2-8H,1H3. The van der Waals surface area contributed by atoms with Gasteiger partial charge in [-0.05, 0) is 30.3 Å². The molecule has 0 saturated heterocycles. The summed E-state index contributed by atoms with van der Waals surface area (Å²) in [5.41, 5.74) is 1.61. The fourth-order valence-electron chi connectivity index (χ4n) is 1.82. The Bertz CT molecular complexity index is 731. The molecule has 0 fully saturated rings. The van der Waals surface area contributed by atoms with Crippen LogP contribution in [0.25, 0.3) is 22.3 Å². The molecule has 2 heterocycles. The molecule has 0 radical (unpaired) electrons. The van der Waals surface area contributed by atoms with Crippen molar-refractivity contribution in [2.45, 2.75) is 0 Å². The number of methoxy groups -OCH3 is 1. The molecule has 0 amide bonds. The number of benzene rings is 1. The van der Waals surface area contributed by atoms with Crippen LogP contribution in [0, 0.1) is 0 Å². The van der Waals surface area contributed by atoms with Crippen LogP contribution in [0.15, 0.2) is 42.7 Å². The lowest BCUT2D eigenvalue weighted by atomic mass is 10.2. The summed E-state index contributed by atoms with van der Waals surface area (Å²) < 4.78 is 5.17. The molecule has 0 N–H and O–H groups in total. The largest absolute Gasteiger partial charge is 0.497 e. The maximum Gasteiger partial charge on any atom is 0.163 e. The van der Waals surface area contributed by atoms with Crippen molar-refractivity contribution in [3.05, 3.63) is 47.9 Å². The van der Waals surface area contributed by atoms with Crippen LogP contribution in [0.1, 0.15) is 0 Å². The van der Waals surface area contributed by atoms with Crippen molar-refractivity contribution in [1.82, 2.24) is 15.0 Å². The van der Waals surface area contributed by atoms with Crippen molar-refractivity contribution in [3.8, 4) is 17.1 Å². The molecule has 3 rings (SSSR count). The number of halogens is 1. The fourth-order valence-corrected chi connectivity index (χ4v) is 2.05. The zero-order chi connectivity index (χ0) is 13.2. The third-order valence-electron chi connectivity index (χ3n) is 2.78. The number of pyridine rings is 1. The van der Waals surface area contributed by atoms with Gasteiger partial charge in [0.25, 0.3) is 0 Å². The van der Waals surface area contributed by atoms with Gasteiger partial charge in [0.1, 0.15) is 10.9 Å². The molecule has 0 atom stereocenters. The van der Waals surface area contributed by atoms with Crippen LogP contribution in [0.5, 0.6) is 5.75 Å². The molecule has 0 unspecified atom stereocenters. The van der Waals surface area contributed by atoms with Gasteiger partial charge in [0.15, 0.2) is 5.82 Å². The van der Waals surface area contributed by atoms with Crippen molar-refractivity contribution in [1.29, 1.82) is 0 Å². The Morgan fingerprint density at radius 3 is 2.79 bits per heavy atom. The number of hydrogen-bond donors (Lipinski definition) is 0. The summed E-state index contributed by atoms with van der Waals surface area (Å²) in [6.07, 6.45) is 3.41. The molecule has 19 heavy (non-hydrogen) atoms. The molecular formula is C14H10ClN3O. The zero-order valence-corrected chi connectivity index (χ0v) is 10.9. The highest BCUT2D eigenvalue weighted by molar-refractivity contribution is 6.34. The van der Waals surface area contributed by atoms with Crippen LogP contribution < -0.4 is 4.74 Å². The summed E-state index contributed by atoms with van der Waals surface area (Å²) in [4.78, 5) is 12.9. The van der Waals surface area contributed by atoms with Gasteiger partial charge in [-0.3, -0.25) is 4.98 Å². The number of hydrogen-bond acceptors (Lipinski definition) is 4. The molecule has 0 aliphatic heterocycles. The van der Waals surface area contributed by atoms with Gasteiger partial charge < -0.3 is 4.74 Å². The first-order chi connectivity index (χ1) is 9.28. The molecule has 5 heteroatoms. The summed E-state index contributed by atoms with van der Waals surface area (Å²) in [5, 5.41) is 1.18. The van der Waals surface area contributed by atoms with E-state index in [2.05, 4.69) is 15.0 Å². The Hall–Kier alpha value is -2.20. The fraction of sp³-hybridized carbons (Fsp3) is 0.0714. The van der Waals surface area contributed by atoms with Crippen molar-refractivity contribution < 1.29 is 4.74 Å². The van der Waals surface area contributed by atoms with Crippen LogP contribution in [0.2, 0.25) is 5.15 Å². The number of fused-ring (bicyclic) bond motifs is 1. The van der Waals surface area contributed by atoms with Gasteiger partial charge in [-0.25, -0.2) is 9.97 Å². The van der Waals surface area contributed by atoms with E-state index in [9.17, 15) is 0 Å². The first-order valence-corrected chi connectivity index (χ1v) is 6.07. The Kier molecular flexibility index (Phi) is 3.01. The predicted octanol–water partition coefficient (Wildman–Crippen LogP) is 3.35. The summed E-state index contributed by atoms with van der Waals surface area (Å²) >= 11 is 6.21. The Labute approximate surface area is 115 Å². The van der Waals surface area contributed by atoms with Crippen LogP contribution in [-0.2, 0) is 0 Å². The van der Waals surface area contributed by atoms with E-state index in [0.29, 0.717) is 11.0 Å². The van der Waals surface area contributed by atoms with Crippen molar-refractivity contribution in [2.24, 2.45) is 0 Å². The average Bonchev–Trinajstić information content (AvgIpc) is 2.48. The van der Waals surface area contributed by atoms with Gasteiger partial charge in [0, 0.05) is 23.3 Å². The summed E-state index contributed by atoms with van der Waals surface area (Å²) in [6, 6.07) is 9.27. The first kappa shape index (κ1) is 11.9. The second-order valence-corrected chi connectivity index (χ2v) is 4.32. The highest BCUT2D eigenvalue weighted by atomic mass is 35.5. The Balaban J connectivity index is 2.20.